The van der Waals surface area contributed by atoms with Gasteiger partial charge >= 0.3 is 12.1 Å². The van der Waals surface area contributed by atoms with Crippen LogP contribution in [0.1, 0.15) is 51.5 Å². The summed E-state index contributed by atoms with van der Waals surface area (Å²) in [5, 5.41) is 13.2. The maximum atomic E-state index is 13.8. The topological polar surface area (TPSA) is 138 Å². The lowest BCUT2D eigenvalue weighted by Crippen LogP contribution is -2.52. The van der Waals surface area contributed by atoms with Crippen molar-refractivity contribution in [2.45, 2.75) is 37.3 Å². The number of fused-ring (bicyclic) bond motifs is 4. The van der Waals surface area contributed by atoms with Crippen molar-refractivity contribution >= 4 is 34.7 Å². The van der Waals surface area contributed by atoms with Crippen LogP contribution in [-0.2, 0) is 25.5 Å². The number of esters is 1. The van der Waals surface area contributed by atoms with E-state index in [2.05, 4.69) is 22.4 Å². The minimum atomic E-state index is -1.15. The van der Waals surface area contributed by atoms with Crippen LogP contribution in [0.3, 0.4) is 0 Å². The highest BCUT2D eigenvalue weighted by molar-refractivity contribution is 6.12. The van der Waals surface area contributed by atoms with E-state index in [1.165, 1.54) is 36.3 Å². The molecule has 0 saturated carbocycles. The smallest absolute Gasteiger partial charge is 0.410 e. The largest absolute Gasteiger partial charge is 0.508 e. The number of H-pyrrole nitrogens is 1. The lowest BCUT2D eigenvalue weighted by atomic mass is 9.97. The maximum Gasteiger partial charge on any atom is 0.410 e. The van der Waals surface area contributed by atoms with Gasteiger partial charge in [0, 0.05) is 35.3 Å². The number of carbonyl (C=O) groups is 4. The predicted molar refractivity (Wildman–Crippen MR) is 182 cm³/mol. The molecule has 2 atom stereocenters. The van der Waals surface area contributed by atoms with Gasteiger partial charge in [-0.3, -0.25) is 14.5 Å². The standard InChI is InChI=1S/C39H35N3O7/c1-48-38(46)33(21-30-29-13-6-7-14-32(29)40-35(30)36(44)23-16-18-24(43)19-17-23)41-37(45)34-15-8-20-42(34)39(47)49-22-31-27-11-4-2-9-25(27)26-10-3-5-12-28(26)31/h2-7,9-14,16-19,31,33-34,40,43H,8,15,20-22H2,1H3,(H,41,45)/t33-,34-/m0/s1. The third-order valence-electron chi connectivity index (χ3n) is 9.51. The van der Waals surface area contributed by atoms with E-state index >= 15 is 0 Å². The summed E-state index contributed by atoms with van der Waals surface area (Å²) in [4.78, 5) is 58.6. The molecule has 5 aromatic rings. The molecule has 4 aromatic carbocycles. The minimum Gasteiger partial charge on any atom is -0.508 e. The number of amides is 2. The fraction of sp³-hybridized carbons (Fsp3) is 0.231. The van der Waals surface area contributed by atoms with Crippen LogP contribution >= 0.6 is 0 Å². The molecule has 2 aliphatic rings. The third-order valence-corrected chi connectivity index (χ3v) is 9.51. The molecule has 1 aliphatic carbocycles. The lowest BCUT2D eigenvalue weighted by Gasteiger charge is -2.26. The molecule has 1 aromatic heterocycles. The Kier molecular flexibility index (Phi) is 8.61. The number of hydrogen-bond donors (Lipinski definition) is 3. The first-order chi connectivity index (χ1) is 23.8. The molecule has 10 heteroatoms. The van der Waals surface area contributed by atoms with Gasteiger partial charge in [0.15, 0.2) is 0 Å². The highest BCUT2D eigenvalue weighted by Crippen LogP contribution is 2.44. The van der Waals surface area contributed by atoms with Gasteiger partial charge in [0.25, 0.3) is 0 Å². The van der Waals surface area contributed by atoms with Gasteiger partial charge in [-0.05, 0) is 71.0 Å². The maximum absolute atomic E-state index is 13.8. The van der Waals surface area contributed by atoms with Crippen molar-refractivity contribution in [2.24, 2.45) is 0 Å². The molecule has 0 unspecified atom stereocenters. The first-order valence-electron chi connectivity index (χ1n) is 16.3. The SMILES string of the molecule is COC(=O)[C@H](Cc1c(C(=O)c2ccc(O)cc2)[nH]c2ccccc12)NC(=O)[C@@H]1CCCN1C(=O)OCC1c2ccccc2-c2ccccc21. The molecule has 1 fully saturated rings. The number of rotatable bonds is 9. The first-order valence-corrected chi connectivity index (χ1v) is 16.3. The summed E-state index contributed by atoms with van der Waals surface area (Å²) in [5.41, 5.74) is 6.24. The number of carbonyl (C=O) groups excluding carboxylic acids is 4. The van der Waals surface area contributed by atoms with Crippen molar-refractivity contribution in [3.63, 3.8) is 0 Å². The average Bonchev–Trinajstić information content (AvgIpc) is 3.85. The van der Waals surface area contributed by atoms with E-state index in [1.54, 1.807) is 0 Å². The summed E-state index contributed by atoms with van der Waals surface area (Å²) in [6.45, 7) is 0.465. The number of phenols is 1. The molecule has 0 radical (unpaired) electrons. The molecule has 0 spiro atoms. The Balaban J connectivity index is 1.08. The van der Waals surface area contributed by atoms with Crippen LogP contribution in [0.5, 0.6) is 5.75 Å². The summed E-state index contributed by atoms with van der Waals surface area (Å²) in [7, 11) is 1.23. The van der Waals surface area contributed by atoms with E-state index in [-0.39, 0.29) is 36.2 Å². The zero-order valence-electron chi connectivity index (χ0n) is 26.8. The van der Waals surface area contributed by atoms with Gasteiger partial charge in [-0.25, -0.2) is 9.59 Å². The number of aromatic nitrogens is 1. The zero-order chi connectivity index (χ0) is 34.1. The van der Waals surface area contributed by atoms with Crippen LogP contribution < -0.4 is 5.32 Å². The molecular weight excluding hydrogens is 622 g/mol. The minimum absolute atomic E-state index is 0.0286. The van der Waals surface area contributed by atoms with Crippen molar-refractivity contribution in [2.75, 3.05) is 20.3 Å². The number of para-hydroxylation sites is 1. The molecule has 1 aliphatic heterocycles. The number of nitrogens with one attached hydrogen (secondary N) is 2. The highest BCUT2D eigenvalue weighted by Gasteiger charge is 2.38. The number of aromatic hydroxyl groups is 1. The Morgan fingerprint density at radius 1 is 0.898 bits per heavy atom. The molecule has 49 heavy (non-hydrogen) atoms. The van der Waals surface area contributed by atoms with Gasteiger partial charge in [0.1, 0.15) is 24.4 Å². The molecule has 248 valence electrons. The van der Waals surface area contributed by atoms with E-state index in [4.69, 9.17) is 9.47 Å². The number of ether oxygens (including phenoxy) is 2. The van der Waals surface area contributed by atoms with Gasteiger partial charge < -0.3 is 24.9 Å². The average molecular weight is 658 g/mol. The molecule has 10 nitrogen and oxygen atoms in total. The van der Waals surface area contributed by atoms with Crippen LogP contribution in [-0.4, -0.2) is 71.1 Å². The second-order valence-electron chi connectivity index (χ2n) is 12.3. The lowest BCUT2D eigenvalue weighted by molar-refractivity contribution is -0.145. The van der Waals surface area contributed by atoms with Crippen LogP contribution in [0.25, 0.3) is 22.0 Å². The number of benzene rings is 4. The van der Waals surface area contributed by atoms with Crippen molar-refractivity contribution in [1.82, 2.24) is 15.2 Å². The van der Waals surface area contributed by atoms with Crippen molar-refractivity contribution < 1.29 is 33.8 Å². The molecular formula is C39H35N3O7. The van der Waals surface area contributed by atoms with E-state index in [9.17, 15) is 24.3 Å². The van der Waals surface area contributed by atoms with E-state index in [1.807, 2.05) is 60.7 Å². The van der Waals surface area contributed by atoms with Crippen molar-refractivity contribution in [3.8, 4) is 16.9 Å². The monoisotopic (exact) mass is 657 g/mol. The number of aromatic amines is 1. The van der Waals surface area contributed by atoms with Crippen LogP contribution in [0.4, 0.5) is 4.79 Å². The van der Waals surface area contributed by atoms with Crippen LogP contribution in [0, 0.1) is 0 Å². The normalized spacial score (nSPS) is 15.8. The fourth-order valence-electron chi connectivity index (χ4n) is 7.11. The third kappa shape index (κ3) is 6.01. The quantitative estimate of drug-likeness (QED) is 0.136. The summed E-state index contributed by atoms with van der Waals surface area (Å²) < 4.78 is 10.9. The van der Waals surface area contributed by atoms with Gasteiger partial charge in [-0.2, -0.15) is 0 Å². The molecule has 3 N–H and O–H groups in total. The predicted octanol–water partition coefficient (Wildman–Crippen LogP) is 5.72. The van der Waals surface area contributed by atoms with Crippen LogP contribution in [0.2, 0.25) is 0 Å². The zero-order valence-corrected chi connectivity index (χ0v) is 26.8. The molecule has 7 rings (SSSR count). The molecule has 2 heterocycles. The van der Waals surface area contributed by atoms with Gasteiger partial charge in [-0.15, -0.1) is 0 Å². The Hall–Kier alpha value is -5.90. The second-order valence-corrected chi connectivity index (χ2v) is 12.3. The van der Waals surface area contributed by atoms with Gasteiger partial charge in [-0.1, -0.05) is 66.7 Å². The van der Waals surface area contributed by atoms with Crippen molar-refractivity contribution in [1.29, 1.82) is 0 Å². The number of methoxy groups -OCH3 is 1. The van der Waals surface area contributed by atoms with Gasteiger partial charge in [0.2, 0.25) is 11.7 Å². The Morgan fingerprint density at radius 2 is 1.55 bits per heavy atom. The summed E-state index contributed by atoms with van der Waals surface area (Å²) in [6, 6.07) is 27.4. The number of likely N-dealkylation sites (tertiary alicyclic amines) is 1. The summed E-state index contributed by atoms with van der Waals surface area (Å²) in [6.07, 6.45) is 0.368. The van der Waals surface area contributed by atoms with E-state index in [0.29, 0.717) is 41.4 Å². The molecule has 1 saturated heterocycles. The Bertz CT molecular complexity index is 2020. The number of phenolic OH excluding ortho intramolecular Hbond substituents is 1. The van der Waals surface area contributed by atoms with Gasteiger partial charge in [0.05, 0.1) is 12.8 Å². The number of ketones is 1. The Morgan fingerprint density at radius 3 is 2.24 bits per heavy atom. The van der Waals surface area contributed by atoms with E-state index < -0.39 is 30.1 Å². The highest BCUT2D eigenvalue weighted by atomic mass is 16.6. The Labute approximate surface area is 282 Å². The van der Waals surface area contributed by atoms with E-state index in [0.717, 1.165) is 22.3 Å². The number of nitrogens with zero attached hydrogens (tertiary/aromatic N) is 1. The first kappa shape index (κ1) is 31.7. The fourth-order valence-corrected chi connectivity index (χ4v) is 7.11. The summed E-state index contributed by atoms with van der Waals surface area (Å²) in [5.74, 6) is -1.62. The number of hydrogen-bond acceptors (Lipinski definition) is 7. The summed E-state index contributed by atoms with van der Waals surface area (Å²) >= 11 is 0. The molecule has 2 amide bonds. The van der Waals surface area contributed by atoms with Crippen molar-refractivity contribution in [3.05, 3.63) is 125 Å². The van der Waals surface area contributed by atoms with Crippen LogP contribution in [0.15, 0.2) is 97.1 Å². The second kappa shape index (κ2) is 13.3. The molecule has 0 bridgehead atoms.